The van der Waals surface area contributed by atoms with Crippen LogP contribution in [0.15, 0.2) is 42.5 Å². The summed E-state index contributed by atoms with van der Waals surface area (Å²) in [7, 11) is 3.19. The average molecular weight is 305 g/mol. The smallest absolute Gasteiger partial charge is 0.129 e. The van der Waals surface area contributed by atoms with Gasteiger partial charge in [0.1, 0.15) is 17.3 Å². The van der Waals surface area contributed by atoms with Gasteiger partial charge in [0.05, 0.1) is 20.3 Å². The normalized spacial score (nSPS) is 12.0. The molecule has 2 N–H and O–H groups in total. The highest BCUT2D eigenvalue weighted by Gasteiger charge is 2.12. The Kier molecular flexibility index (Phi) is 5.75. The van der Waals surface area contributed by atoms with Gasteiger partial charge < -0.3 is 19.9 Å². The molecule has 0 spiro atoms. The molecular formula is C17H20FNO3. The van der Waals surface area contributed by atoms with Crippen molar-refractivity contribution in [2.75, 3.05) is 20.8 Å². The maximum Gasteiger partial charge on any atom is 0.129 e. The molecule has 0 aliphatic carbocycles. The molecule has 2 aromatic carbocycles. The fourth-order valence-electron chi connectivity index (χ4n) is 2.22. The molecule has 1 atom stereocenters. The zero-order valence-electron chi connectivity index (χ0n) is 12.7. The summed E-state index contributed by atoms with van der Waals surface area (Å²) < 4.78 is 24.1. The summed E-state index contributed by atoms with van der Waals surface area (Å²) in [6.45, 7) is 0.715. The Morgan fingerprint density at radius 2 is 1.91 bits per heavy atom. The maximum absolute atomic E-state index is 13.6. The first-order valence-electron chi connectivity index (χ1n) is 6.99. The number of methoxy groups -OCH3 is 2. The molecule has 1 unspecified atom stereocenters. The number of hydrogen-bond acceptors (Lipinski definition) is 4. The summed E-state index contributed by atoms with van der Waals surface area (Å²) in [4.78, 5) is 0. The van der Waals surface area contributed by atoms with Gasteiger partial charge >= 0.3 is 0 Å². The number of aliphatic hydroxyl groups is 1. The van der Waals surface area contributed by atoms with Gasteiger partial charge in [-0.15, -0.1) is 0 Å². The second-order valence-corrected chi connectivity index (χ2v) is 4.85. The van der Waals surface area contributed by atoms with Crippen molar-refractivity contribution in [2.24, 2.45) is 0 Å². The second kappa shape index (κ2) is 7.77. The molecule has 2 aromatic rings. The van der Waals surface area contributed by atoms with E-state index in [4.69, 9.17) is 9.47 Å². The Morgan fingerprint density at radius 1 is 1.14 bits per heavy atom. The van der Waals surface area contributed by atoms with Crippen molar-refractivity contribution in [3.05, 3.63) is 59.4 Å². The number of hydrogen-bond donors (Lipinski definition) is 2. The van der Waals surface area contributed by atoms with Crippen LogP contribution in [-0.4, -0.2) is 25.9 Å². The van der Waals surface area contributed by atoms with Crippen LogP contribution < -0.4 is 14.8 Å². The first-order valence-corrected chi connectivity index (χ1v) is 6.99. The van der Waals surface area contributed by atoms with Gasteiger partial charge in [0.25, 0.3) is 0 Å². The van der Waals surface area contributed by atoms with Gasteiger partial charge in [-0.3, -0.25) is 0 Å². The van der Waals surface area contributed by atoms with E-state index in [0.717, 1.165) is 17.1 Å². The van der Waals surface area contributed by atoms with Gasteiger partial charge in [0, 0.05) is 24.2 Å². The van der Waals surface area contributed by atoms with Gasteiger partial charge in [0.2, 0.25) is 0 Å². The topological polar surface area (TPSA) is 50.7 Å². The molecule has 2 rings (SSSR count). The third-order valence-electron chi connectivity index (χ3n) is 3.40. The lowest BCUT2D eigenvalue weighted by atomic mass is 10.1. The van der Waals surface area contributed by atoms with Crippen molar-refractivity contribution in [3.63, 3.8) is 0 Å². The van der Waals surface area contributed by atoms with Crippen LogP contribution in [0.3, 0.4) is 0 Å². The Hall–Kier alpha value is -2.11. The molecule has 118 valence electrons. The van der Waals surface area contributed by atoms with Crippen molar-refractivity contribution in [1.82, 2.24) is 5.32 Å². The lowest BCUT2D eigenvalue weighted by molar-refractivity contribution is 0.169. The van der Waals surface area contributed by atoms with Gasteiger partial charge in [-0.05, 0) is 24.3 Å². The van der Waals surface area contributed by atoms with E-state index in [0.29, 0.717) is 6.54 Å². The van der Waals surface area contributed by atoms with Crippen molar-refractivity contribution in [3.8, 4) is 11.5 Å². The predicted octanol–water partition coefficient (Wildman–Crippen LogP) is 2.67. The summed E-state index contributed by atoms with van der Waals surface area (Å²) in [6.07, 6.45) is -0.905. The summed E-state index contributed by atoms with van der Waals surface area (Å²) in [5.41, 5.74) is 1.19. The minimum Gasteiger partial charge on any atom is -0.497 e. The molecule has 0 fully saturated rings. The monoisotopic (exact) mass is 305 g/mol. The van der Waals surface area contributed by atoms with E-state index in [1.165, 1.54) is 6.07 Å². The molecule has 5 heteroatoms. The van der Waals surface area contributed by atoms with E-state index in [9.17, 15) is 9.50 Å². The lowest BCUT2D eigenvalue weighted by Crippen LogP contribution is -2.22. The van der Waals surface area contributed by atoms with Crippen LogP contribution in [0.5, 0.6) is 11.5 Å². The molecule has 0 saturated heterocycles. The fourth-order valence-corrected chi connectivity index (χ4v) is 2.22. The molecule has 22 heavy (non-hydrogen) atoms. The Bertz CT molecular complexity index is 619. The quantitative estimate of drug-likeness (QED) is 0.826. The molecule has 0 amide bonds. The molecule has 0 heterocycles. The van der Waals surface area contributed by atoms with Crippen LogP contribution in [0.1, 0.15) is 17.2 Å². The average Bonchev–Trinajstić information content (AvgIpc) is 2.55. The number of nitrogens with one attached hydrogen (secondary N) is 1. The van der Waals surface area contributed by atoms with Crippen LogP contribution in [0, 0.1) is 5.82 Å². The zero-order chi connectivity index (χ0) is 15.9. The van der Waals surface area contributed by atoms with Crippen LogP contribution >= 0.6 is 0 Å². The van der Waals surface area contributed by atoms with Crippen LogP contribution in [0.25, 0.3) is 0 Å². The second-order valence-electron chi connectivity index (χ2n) is 4.85. The highest BCUT2D eigenvalue weighted by Crippen LogP contribution is 2.24. The van der Waals surface area contributed by atoms with Crippen molar-refractivity contribution in [2.45, 2.75) is 12.6 Å². The molecule has 0 aromatic heterocycles. The molecule has 0 radical (unpaired) electrons. The summed E-state index contributed by atoms with van der Waals surface area (Å²) in [5, 5.41) is 13.1. The Labute approximate surface area is 129 Å². The molecule has 0 aliphatic heterocycles. The maximum atomic E-state index is 13.6. The molecule has 0 bridgehead atoms. The first kappa shape index (κ1) is 16.3. The number of halogens is 1. The van der Waals surface area contributed by atoms with E-state index in [-0.39, 0.29) is 12.1 Å². The van der Waals surface area contributed by atoms with Gasteiger partial charge in [0.15, 0.2) is 0 Å². The Balaban J connectivity index is 1.97. The number of ether oxygens (including phenoxy) is 2. The summed E-state index contributed by atoms with van der Waals surface area (Å²) in [5.74, 6) is 1.05. The first-order chi connectivity index (χ1) is 10.7. The van der Waals surface area contributed by atoms with Gasteiger partial charge in [-0.25, -0.2) is 4.39 Å². The van der Waals surface area contributed by atoms with Crippen molar-refractivity contribution in [1.29, 1.82) is 0 Å². The van der Waals surface area contributed by atoms with Crippen molar-refractivity contribution >= 4 is 0 Å². The minimum absolute atomic E-state index is 0.237. The van der Waals surface area contributed by atoms with Gasteiger partial charge in [-0.1, -0.05) is 18.2 Å². The fraction of sp³-hybridized carbons (Fsp3) is 0.294. The van der Waals surface area contributed by atoms with E-state index in [2.05, 4.69) is 5.32 Å². The Morgan fingerprint density at radius 3 is 2.59 bits per heavy atom. The lowest BCUT2D eigenvalue weighted by Gasteiger charge is -2.15. The minimum atomic E-state index is -0.905. The summed E-state index contributed by atoms with van der Waals surface area (Å²) in [6, 6.07) is 11.7. The molecule has 4 nitrogen and oxygen atoms in total. The largest absolute Gasteiger partial charge is 0.497 e. The van der Waals surface area contributed by atoms with E-state index >= 15 is 0 Å². The predicted molar refractivity (Wildman–Crippen MR) is 82.6 cm³/mol. The number of benzene rings is 2. The molecule has 0 saturated carbocycles. The zero-order valence-corrected chi connectivity index (χ0v) is 12.7. The summed E-state index contributed by atoms with van der Waals surface area (Å²) >= 11 is 0. The van der Waals surface area contributed by atoms with E-state index in [1.54, 1.807) is 32.4 Å². The standard InChI is InChI=1S/C17H20FNO3/c1-21-13-7-8-17(22-2)12(9-13)10-19-11-16(20)14-5-3-4-6-15(14)18/h3-9,16,19-20H,10-11H2,1-2H3. The number of aliphatic hydroxyl groups excluding tert-OH is 1. The third kappa shape index (κ3) is 3.96. The third-order valence-corrected chi connectivity index (χ3v) is 3.40. The van der Waals surface area contributed by atoms with E-state index < -0.39 is 11.9 Å². The van der Waals surface area contributed by atoms with Crippen LogP contribution in [0.4, 0.5) is 4.39 Å². The van der Waals surface area contributed by atoms with Crippen LogP contribution in [-0.2, 0) is 6.54 Å². The highest BCUT2D eigenvalue weighted by molar-refractivity contribution is 5.40. The van der Waals surface area contributed by atoms with Crippen LogP contribution in [0.2, 0.25) is 0 Å². The molecule has 0 aliphatic rings. The molecular weight excluding hydrogens is 285 g/mol. The SMILES string of the molecule is COc1ccc(OC)c(CNCC(O)c2ccccc2F)c1. The van der Waals surface area contributed by atoms with Crippen molar-refractivity contribution < 1.29 is 19.0 Å². The highest BCUT2D eigenvalue weighted by atomic mass is 19.1. The van der Waals surface area contributed by atoms with E-state index in [1.807, 2.05) is 18.2 Å². The van der Waals surface area contributed by atoms with Gasteiger partial charge in [-0.2, -0.15) is 0 Å². The number of rotatable bonds is 7.